The summed E-state index contributed by atoms with van der Waals surface area (Å²) in [6.45, 7) is 2.09. The van der Waals surface area contributed by atoms with Crippen molar-refractivity contribution in [3.05, 3.63) is 66.0 Å². The molecule has 2 heterocycles. The maximum Gasteiger partial charge on any atom is 0.276 e. The highest BCUT2D eigenvalue weighted by atomic mass is 16.5. The van der Waals surface area contributed by atoms with Gasteiger partial charge in [0.2, 0.25) is 0 Å². The van der Waals surface area contributed by atoms with Gasteiger partial charge in [-0.15, -0.1) is 0 Å². The Kier molecular flexibility index (Phi) is 3.41. The van der Waals surface area contributed by atoms with Gasteiger partial charge in [-0.2, -0.15) is 0 Å². The molecular formula is C16H15N3O2. The first-order chi connectivity index (χ1) is 10.2. The van der Waals surface area contributed by atoms with E-state index < -0.39 is 5.91 Å². The van der Waals surface area contributed by atoms with Crippen LogP contribution in [0.5, 0.6) is 0 Å². The number of amides is 1. The average Bonchev–Trinajstić information content (AvgIpc) is 2.97. The Bertz CT molecular complexity index is 781. The summed E-state index contributed by atoms with van der Waals surface area (Å²) in [6, 6.07) is 13.9. The van der Waals surface area contributed by atoms with Gasteiger partial charge in [-0.1, -0.05) is 30.3 Å². The lowest BCUT2D eigenvalue weighted by Crippen LogP contribution is -2.18. The predicted molar refractivity (Wildman–Crippen MR) is 79.2 cm³/mol. The topological polar surface area (TPSA) is 67.2 Å². The number of nitrogens with zero attached hydrogens (tertiary/aromatic N) is 2. The third-order valence-corrected chi connectivity index (χ3v) is 3.63. The first-order valence-electron chi connectivity index (χ1n) is 6.66. The molecule has 0 bridgehead atoms. The lowest BCUT2D eigenvalue weighted by molar-refractivity contribution is 0.0706. The van der Waals surface area contributed by atoms with Crippen molar-refractivity contribution >= 4 is 16.9 Å². The highest BCUT2D eigenvalue weighted by molar-refractivity contribution is 5.96. The Morgan fingerprint density at radius 1 is 1.29 bits per heavy atom. The normalized spacial score (nSPS) is 12.3. The Morgan fingerprint density at radius 2 is 2.05 bits per heavy atom. The second-order valence-corrected chi connectivity index (χ2v) is 4.88. The van der Waals surface area contributed by atoms with Gasteiger partial charge < -0.3 is 4.57 Å². The van der Waals surface area contributed by atoms with Crippen LogP contribution >= 0.6 is 0 Å². The number of aromatic nitrogens is 2. The number of fused-ring (bicyclic) bond motifs is 1. The third kappa shape index (κ3) is 2.39. The molecule has 0 spiro atoms. The van der Waals surface area contributed by atoms with Crippen molar-refractivity contribution in [2.45, 2.75) is 13.0 Å². The molecular weight excluding hydrogens is 266 g/mol. The van der Waals surface area contributed by atoms with Crippen LogP contribution in [0.4, 0.5) is 0 Å². The van der Waals surface area contributed by atoms with Gasteiger partial charge >= 0.3 is 0 Å². The SMILES string of the molecule is CC(c1ccccc1)n1ccc2ncc(C(=O)NO)cc21. The van der Waals surface area contributed by atoms with E-state index in [2.05, 4.69) is 28.6 Å². The molecule has 0 fully saturated rings. The van der Waals surface area contributed by atoms with Gasteiger partial charge in [0.05, 0.1) is 22.6 Å². The number of nitrogens with one attached hydrogen (secondary N) is 1. The summed E-state index contributed by atoms with van der Waals surface area (Å²) in [7, 11) is 0. The molecule has 1 amide bonds. The van der Waals surface area contributed by atoms with Gasteiger partial charge in [0.25, 0.3) is 5.91 Å². The lowest BCUT2D eigenvalue weighted by Gasteiger charge is -2.15. The van der Waals surface area contributed by atoms with Gasteiger partial charge in [-0.05, 0) is 24.6 Å². The number of pyridine rings is 1. The number of carbonyl (C=O) groups is 1. The first kappa shape index (κ1) is 13.3. The van der Waals surface area contributed by atoms with Crippen LogP contribution in [0.3, 0.4) is 0 Å². The predicted octanol–water partition coefficient (Wildman–Crippen LogP) is 2.76. The zero-order chi connectivity index (χ0) is 14.8. The van der Waals surface area contributed by atoms with Crippen LogP contribution in [0.1, 0.15) is 28.9 Å². The minimum Gasteiger partial charge on any atom is -0.339 e. The molecule has 0 aliphatic rings. The number of hydroxylamine groups is 1. The molecule has 0 aliphatic heterocycles. The van der Waals surface area contributed by atoms with E-state index in [1.807, 2.05) is 30.5 Å². The largest absolute Gasteiger partial charge is 0.339 e. The van der Waals surface area contributed by atoms with Gasteiger partial charge in [0.15, 0.2) is 0 Å². The Morgan fingerprint density at radius 3 is 2.76 bits per heavy atom. The zero-order valence-electron chi connectivity index (χ0n) is 11.5. The van der Waals surface area contributed by atoms with Crippen molar-refractivity contribution in [2.75, 3.05) is 0 Å². The molecule has 1 unspecified atom stereocenters. The molecule has 0 radical (unpaired) electrons. The fraction of sp³-hybridized carbons (Fsp3) is 0.125. The molecule has 21 heavy (non-hydrogen) atoms. The summed E-state index contributed by atoms with van der Waals surface area (Å²) in [5.41, 5.74) is 4.79. The second-order valence-electron chi connectivity index (χ2n) is 4.88. The fourth-order valence-electron chi connectivity index (χ4n) is 2.45. The number of hydrogen-bond donors (Lipinski definition) is 2. The molecule has 1 atom stereocenters. The van der Waals surface area contributed by atoms with Crippen molar-refractivity contribution in [1.29, 1.82) is 0 Å². The molecule has 1 aromatic carbocycles. The van der Waals surface area contributed by atoms with Crippen LogP contribution in [0.25, 0.3) is 11.0 Å². The Labute approximate surface area is 121 Å². The Hall–Kier alpha value is -2.66. The van der Waals surface area contributed by atoms with Crippen LogP contribution in [-0.4, -0.2) is 20.7 Å². The van der Waals surface area contributed by atoms with E-state index >= 15 is 0 Å². The van der Waals surface area contributed by atoms with Crippen LogP contribution in [-0.2, 0) is 0 Å². The smallest absolute Gasteiger partial charge is 0.276 e. The molecule has 0 aliphatic carbocycles. The van der Waals surface area contributed by atoms with E-state index in [9.17, 15) is 4.79 Å². The highest BCUT2D eigenvalue weighted by Crippen LogP contribution is 2.24. The number of hydrogen-bond acceptors (Lipinski definition) is 3. The van der Waals surface area contributed by atoms with Crippen LogP contribution in [0, 0.1) is 0 Å². The van der Waals surface area contributed by atoms with Gasteiger partial charge in [0.1, 0.15) is 0 Å². The summed E-state index contributed by atoms with van der Waals surface area (Å²) in [4.78, 5) is 15.8. The third-order valence-electron chi connectivity index (χ3n) is 3.63. The summed E-state index contributed by atoms with van der Waals surface area (Å²) >= 11 is 0. The van der Waals surface area contributed by atoms with Crippen molar-refractivity contribution in [2.24, 2.45) is 0 Å². The zero-order valence-corrected chi connectivity index (χ0v) is 11.5. The van der Waals surface area contributed by atoms with Crippen molar-refractivity contribution in [3.8, 4) is 0 Å². The first-order valence-corrected chi connectivity index (χ1v) is 6.66. The van der Waals surface area contributed by atoms with E-state index in [-0.39, 0.29) is 6.04 Å². The van der Waals surface area contributed by atoms with Crippen molar-refractivity contribution < 1.29 is 10.0 Å². The van der Waals surface area contributed by atoms with Gasteiger partial charge in [-0.3, -0.25) is 15.0 Å². The monoisotopic (exact) mass is 281 g/mol. The van der Waals surface area contributed by atoms with Crippen LogP contribution < -0.4 is 5.48 Å². The summed E-state index contributed by atoms with van der Waals surface area (Å²) in [5.74, 6) is -0.565. The number of carbonyl (C=O) groups excluding carboxylic acids is 1. The summed E-state index contributed by atoms with van der Waals surface area (Å²) in [6.07, 6.45) is 3.40. The van der Waals surface area contributed by atoms with E-state index in [4.69, 9.17) is 5.21 Å². The molecule has 3 rings (SSSR count). The average molecular weight is 281 g/mol. The Balaban J connectivity index is 2.08. The summed E-state index contributed by atoms with van der Waals surface area (Å²) < 4.78 is 2.06. The lowest BCUT2D eigenvalue weighted by atomic mass is 10.1. The van der Waals surface area contributed by atoms with Crippen LogP contribution in [0.2, 0.25) is 0 Å². The molecule has 5 nitrogen and oxygen atoms in total. The van der Waals surface area contributed by atoms with Gasteiger partial charge in [-0.25, -0.2) is 5.48 Å². The second kappa shape index (κ2) is 5.38. The number of benzene rings is 1. The molecule has 0 saturated heterocycles. The van der Waals surface area contributed by atoms with Gasteiger partial charge in [0, 0.05) is 12.4 Å². The summed E-state index contributed by atoms with van der Waals surface area (Å²) in [5, 5.41) is 8.73. The van der Waals surface area contributed by atoms with E-state index in [1.54, 1.807) is 11.5 Å². The maximum absolute atomic E-state index is 11.5. The molecule has 5 heteroatoms. The molecule has 0 saturated carbocycles. The van der Waals surface area contributed by atoms with E-state index in [0.717, 1.165) is 11.0 Å². The quantitative estimate of drug-likeness (QED) is 0.573. The maximum atomic E-state index is 11.5. The van der Waals surface area contributed by atoms with E-state index in [1.165, 1.54) is 11.8 Å². The minimum absolute atomic E-state index is 0.123. The molecule has 106 valence electrons. The van der Waals surface area contributed by atoms with Crippen molar-refractivity contribution in [1.82, 2.24) is 15.0 Å². The van der Waals surface area contributed by atoms with E-state index in [0.29, 0.717) is 5.56 Å². The standard InChI is InChI=1S/C16H15N3O2/c1-11(12-5-3-2-4-6-12)19-8-7-14-15(19)9-13(10-17-14)16(20)18-21/h2-11,21H,1H3,(H,18,20). The fourth-order valence-corrected chi connectivity index (χ4v) is 2.45. The highest BCUT2D eigenvalue weighted by Gasteiger charge is 2.13. The molecule has 3 aromatic rings. The molecule has 2 aromatic heterocycles. The molecule has 2 N–H and O–H groups in total. The minimum atomic E-state index is -0.565. The van der Waals surface area contributed by atoms with Crippen molar-refractivity contribution in [3.63, 3.8) is 0 Å². The van der Waals surface area contributed by atoms with Crippen LogP contribution in [0.15, 0.2) is 54.9 Å². The number of rotatable bonds is 3.